The first-order valence-electron chi connectivity index (χ1n) is 9.43. The molecule has 0 spiro atoms. The number of rotatable bonds is 7. The number of hydrogen-bond donors (Lipinski definition) is 1. The van der Waals surface area contributed by atoms with Crippen LogP contribution in [0.1, 0.15) is 11.4 Å². The molecule has 7 nitrogen and oxygen atoms in total. The number of nitrogens with one attached hydrogen (secondary N) is 1. The molecule has 0 atom stereocenters. The quantitative estimate of drug-likeness (QED) is 0.429. The van der Waals surface area contributed by atoms with Crippen LogP contribution in [0.2, 0.25) is 0 Å². The summed E-state index contributed by atoms with van der Waals surface area (Å²) in [6.07, 6.45) is 0. The molecule has 2 aromatic carbocycles. The van der Waals surface area contributed by atoms with E-state index in [1.165, 1.54) is 25.3 Å². The molecule has 31 heavy (non-hydrogen) atoms. The molecule has 0 bridgehead atoms. The third kappa shape index (κ3) is 4.95. The molecule has 4 aromatic rings. The molecule has 0 radical (unpaired) electrons. The van der Waals surface area contributed by atoms with Gasteiger partial charge in [-0.15, -0.1) is 11.3 Å². The molecular weight excluding hydrogens is 419 g/mol. The van der Waals surface area contributed by atoms with Crippen molar-refractivity contribution in [3.63, 3.8) is 0 Å². The molecule has 0 aliphatic heterocycles. The van der Waals surface area contributed by atoms with E-state index in [4.69, 9.17) is 4.74 Å². The normalized spacial score (nSPS) is 10.8. The van der Waals surface area contributed by atoms with Crippen molar-refractivity contribution in [2.75, 3.05) is 19.0 Å². The van der Waals surface area contributed by atoms with Crippen LogP contribution in [0.5, 0.6) is 5.75 Å². The molecule has 158 valence electrons. The highest BCUT2D eigenvalue weighted by atomic mass is 32.1. The van der Waals surface area contributed by atoms with Crippen LogP contribution in [0, 0.1) is 12.7 Å². The van der Waals surface area contributed by atoms with Crippen LogP contribution in [0.15, 0.2) is 48.0 Å². The van der Waals surface area contributed by atoms with Gasteiger partial charge in [-0.2, -0.15) is 0 Å². The summed E-state index contributed by atoms with van der Waals surface area (Å²) in [5, 5.41) is 3.14. The van der Waals surface area contributed by atoms with Crippen LogP contribution in [0.4, 0.5) is 10.2 Å². The van der Waals surface area contributed by atoms with Crippen LogP contribution in [0.3, 0.4) is 0 Å². The first kappa shape index (κ1) is 20.7. The van der Waals surface area contributed by atoms with Crippen LogP contribution in [-0.2, 0) is 16.1 Å². The van der Waals surface area contributed by atoms with Gasteiger partial charge in [0.1, 0.15) is 23.2 Å². The minimum atomic E-state index is -0.510. The van der Waals surface area contributed by atoms with E-state index < -0.39 is 5.97 Å². The highest BCUT2D eigenvalue weighted by Crippen LogP contribution is 2.26. The molecule has 0 amide bonds. The Hall–Kier alpha value is -3.59. The standard InChI is InChI=1S/C22H19FN4O3S/c1-13-26-19(14-3-6-18-20(8-14)31-12-25-18)9-21(27-13)24-10-15-7-16(4-5-17(15)23)30-11-22(28)29-2/h3-9,12H,10-11H2,1-2H3,(H,24,26,27). The second-order valence-electron chi connectivity index (χ2n) is 6.69. The Labute approximate surface area is 181 Å². The van der Waals surface area contributed by atoms with E-state index in [1.54, 1.807) is 11.3 Å². The highest BCUT2D eigenvalue weighted by Gasteiger charge is 2.10. The van der Waals surface area contributed by atoms with E-state index in [1.807, 2.05) is 36.7 Å². The average Bonchev–Trinajstić information content (AvgIpc) is 3.25. The van der Waals surface area contributed by atoms with Gasteiger partial charge in [0.05, 0.1) is 28.5 Å². The van der Waals surface area contributed by atoms with E-state index in [0.717, 1.165) is 21.5 Å². The van der Waals surface area contributed by atoms with Crippen LogP contribution < -0.4 is 10.1 Å². The van der Waals surface area contributed by atoms with Gasteiger partial charge in [-0.1, -0.05) is 6.07 Å². The third-order valence-electron chi connectivity index (χ3n) is 4.53. The fourth-order valence-corrected chi connectivity index (χ4v) is 3.70. The number of nitrogens with zero attached hydrogens (tertiary/aromatic N) is 3. The number of fused-ring (bicyclic) bond motifs is 1. The molecule has 2 aromatic heterocycles. The zero-order chi connectivity index (χ0) is 21.8. The number of carbonyl (C=O) groups excluding carboxylic acids is 1. The van der Waals surface area contributed by atoms with Crippen molar-refractivity contribution in [2.24, 2.45) is 0 Å². The zero-order valence-corrected chi connectivity index (χ0v) is 17.7. The molecule has 0 unspecified atom stereocenters. The minimum Gasteiger partial charge on any atom is -0.482 e. The van der Waals surface area contributed by atoms with Crippen molar-refractivity contribution >= 4 is 33.3 Å². The average molecular weight is 438 g/mol. The van der Waals surface area contributed by atoms with Gasteiger partial charge in [0.15, 0.2) is 6.61 Å². The predicted molar refractivity (Wildman–Crippen MR) is 117 cm³/mol. The van der Waals surface area contributed by atoms with E-state index >= 15 is 0 Å². The Kier molecular flexibility index (Phi) is 6.03. The number of hydrogen-bond acceptors (Lipinski definition) is 8. The van der Waals surface area contributed by atoms with Gasteiger partial charge in [-0.25, -0.2) is 24.1 Å². The lowest BCUT2D eigenvalue weighted by Crippen LogP contribution is -2.13. The number of methoxy groups -OCH3 is 1. The van der Waals surface area contributed by atoms with E-state index in [0.29, 0.717) is 23.0 Å². The van der Waals surface area contributed by atoms with E-state index in [9.17, 15) is 9.18 Å². The molecule has 0 saturated carbocycles. The van der Waals surface area contributed by atoms with Gasteiger partial charge in [-0.3, -0.25) is 0 Å². The maximum absolute atomic E-state index is 14.3. The van der Waals surface area contributed by atoms with Crippen LogP contribution >= 0.6 is 11.3 Å². The van der Waals surface area contributed by atoms with Crippen molar-refractivity contribution in [1.82, 2.24) is 15.0 Å². The molecule has 2 heterocycles. The monoisotopic (exact) mass is 438 g/mol. The molecule has 1 N–H and O–H groups in total. The predicted octanol–water partition coefficient (Wildman–Crippen LogP) is 4.36. The summed E-state index contributed by atoms with van der Waals surface area (Å²) in [5.41, 5.74) is 4.86. The molecule has 0 aliphatic carbocycles. The topological polar surface area (TPSA) is 86.2 Å². The van der Waals surface area contributed by atoms with Crippen LogP contribution in [-0.4, -0.2) is 34.6 Å². The summed E-state index contributed by atoms with van der Waals surface area (Å²) < 4.78 is 25.2. The lowest BCUT2D eigenvalue weighted by atomic mass is 10.1. The molecule has 0 saturated heterocycles. The largest absolute Gasteiger partial charge is 0.482 e. The zero-order valence-electron chi connectivity index (χ0n) is 16.9. The number of carbonyl (C=O) groups is 1. The van der Waals surface area contributed by atoms with Crippen LogP contribution in [0.25, 0.3) is 21.5 Å². The molecular formula is C22H19FN4O3S. The fraction of sp³-hybridized carbons (Fsp3) is 0.182. The number of anilines is 1. The minimum absolute atomic E-state index is 0.186. The molecule has 4 rings (SSSR count). The Morgan fingerprint density at radius 2 is 2.03 bits per heavy atom. The maximum Gasteiger partial charge on any atom is 0.343 e. The molecule has 0 aliphatic rings. The summed E-state index contributed by atoms with van der Waals surface area (Å²) >= 11 is 1.57. The van der Waals surface area contributed by atoms with Gasteiger partial charge in [0.25, 0.3) is 0 Å². The summed E-state index contributed by atoms with van der Waals surface area (Å²) in [5.74, 6) is 0.650. The Morgan fingerprint density at radius 3 is 2.87 bits per heavy atom. The van der Waals surface area contributed by atoms with Crippen molar-refractivity contribution in [3.05, 3.63) is 65.2 Å². The number of aromatic nitrogens is 3. The van der Waals surface area contributed by atoms with Gasteiger partial charge < -0.3 is 14.8 Å². The van der Waals surface area contributed by atoms with Gasteiger partial charge >= 0.3 is 5.97 Å². The summed E-state index contributed by atoms with van der Waals surface area (Å²) in [7, 11) is 1.28. The summed E-state index contributed by atoms with van der Waals surface area (Å²) in [4.78, 5) is 24.5. The number of halogens is 1. The van der Waals surface area contributed by atoms with E-state index in [2.05, 4.69) is 25.0 Å². The summed E-state index contributed by atoms with van der Waals surface area (Å²) in [6.45, 7) is 1.75. The number of ether oxygens (including phenoxy) is 2. The Bertz CT molecular complexity index is 1240. The SMILES string of the molecule is COC(=O)COc1ccc(F)c(CNc2cc(-c3ccc4ncsc4c3)nc(C)n2)c1. The second-order valence-corrected chi connectivity index (χ2v) is 7.58. The van der Waals surface area contributed by atoms with Gasteiger partial charge in [0, 0.05) is 23.7 Å². The lowest BCUT2D eigenvalue weighted by molar-refractivity contribution is -0.142. The van der Waals surface area contributed by atoms with Crippen molar-refractivity contribution in [3.8, 4) is 17.0 Å². The smallest absolute Gasteiger partial charge is 0.343 e. The van der Waals surface area contributed by atoms with Crippen molar-refractivity contribution in [2.45, 2.75) is 13.5 Å². The fourth-order valence-electron chi connectivity index (χ4n) is 2.98. The van der Waals surface area contributed by atoms with Crippen molar-refractivity contribution < 1.29 is 18.7 Å². The second kappa shape index (κ2) is 9.05. The molecule has 9 heteroatoms. The number of esters is 1. The Balaban J connectivity index is 1.51. The first-order chi connectivity index (χ1) is 15.0. The highest BCUT2D eigenvalue weighted by molar-refractivity contribution is 7.16. The van der Waals surface area contributed by atoms with Crippen molar-refractivity contribution in [1.29, 1.82) is 0 Å². The lowest BCUT2D eigenvalue weighted by Gasteiger charge is -2.11. The van der Waals surface area contributed by atoms with E-state index in [-0.39, 0.29) is 19.0 Å². The Morgan fingerprint density at radius 1 is 1.16 bits per heavy atom. The van der Waals surface area contributed by atoms with Gasteiger partial charge in [0.2, 0.25) is 0 Å². The number of aryl methyl sites for hydroxylation is 1. The first-order valence-corrected chi connectivity index (χ1v) is 10.3. The third-order valence-corrected chi connectivity index (χ3v) is 5.32. The molecule has 0 fully saturated rings. The summed E-state index contributed by atoms with van der Waals surface area (Å²) in [6, 6.07) is 12.1. The van der Waals surface area contributed by atoms with Gasteiger partial charge in [-0.05, 0) is 37.3 Å². The number of thiazole rings is 1. The number of benzene rings is 2. The maximum atomic E-state index is 14.3.